The zero-order chi connectivity index (χ0) is 19.8. The molecular weight excluding hydrogens is 352 g/mol. The molecule has 3 rings (SSSR count). The van der Waals surface area contributed by atoms with Crippen molar-refractivity contribution in [3.8, 4) is 0 Å². The Morgan fingerprint density at radius 1 is 0.964 bits per heavy atom. The normalized spacial score (nSPS) is 11.6. The van der Waals surface area contributed by atoms with Gasteiger partial charge in [0.25, 0.3) is 0 Å². The Morgan fingerprint density at radius 3 is 2.25 bits per heavy atom. The van der Waals surface area contributed by atoms with E-state index in [1.54, 1.807) is 23.3 Å². The molecule has 5 heteroatoms. The predicted molar refractivity (Wildman–Crippen MR) is 107 cm³/mol. The first kappa shape index (κ1) is 19.4. The maximum atomic E-state index is 13.1. The molecule has 2 aromatic carbocycles. The van der Waals surface area contributed by atoms with Gasteiger partial charge in [-0.25, -0.2) is 0 Å². The highest BCUT2D eigenvalue weighted by Crippen LogP contribution is 2.24. The minimum Gasteiger partial charge on any atom is -0.467 e. The standard InChI is InChI=1S/C23H24N2O3/c1-2-21(26)25(17-18-10-5-3-6-11-18)22(19-12-7-4-8-13-19)23(27)24-16-20-14-9-15-28-20/h3-15,22H,2,16-17H2,1H3,(H,24,27). The van der Waals surface area contributed by atoms with Gasteiger partial charge in [-0.1, -0.05) is 67.6 Å². The van der Waals surface area contributed by atoms with Crippen LogP contribution in [0.1, 0.15) is 36.3 Å². The van der Waals surface area contributed by atoms with Crippen LogP contribution in [-0.2, 0) is 22.7 Å². The molecule has 1 aromatic heterocycles. The highest BCUT2D eigenvalue weighted by molar-refractivity contribution is 5.88. The molecule has 0 fully saturated rings. The van der Waals surface area contributed by atoms with Gasteiger partial charge in [-0.2, -0.15) is 0 Å². The third-order valence-corrected chi connectivity index (χ3v) is 4.51. The molecule has 0 saturated carbocycles. The molecule has 0 bridgehead atoms. The molecule has 1 heterocycles. The van der Waals surface area contributed by atoms with Crippen molar-refractivity contribution in [2.24, 2.45) is 0 Å². The second-order valence-corrected chi connectivity index (χ2v) is 6.47. The summed E-state index contributed by atoms with van der Waals surface area (Å²) in [6.07, 6.45) is 1.89. The fourth-order valence-corrected chi connectivity index (χ4v) is 3.10. The van der Waals surface area contributed by atoms with Crippen molar-refractivity contribution < 1.29 is 14.0 Å². The fourth-order valence-electron chi connectivity index (χ4n) is 3.10. The molecule has 0 saturated heterocycles. The first-order valence-electron chi connectivity index (χ1n) is 9.37. The van der Waals surface area contributed by atoms with E-state index in [1.165, 1.54) is 0 Å². The van der Waals surface area contributed by atoms with Crippen LogP contribution in [0.2, 0.25) is 0 Å². The van der Waals surface area contributed by atoms with Gasteiger partial charge in [0.1, 0.15) is 11.8 Å². The Balaban J connectivity index is 1.89. The van der Waals surface area contributed by atoms with E-state index >= 15 is 0 Å². The van der Waals surface area contributed by atoms with Crippen molar-refractivity contribution in [3.05, 3.63) is 95.9 Å². The Labute approximate surface area is 165 Å². The summed E-state index contributed by atoms with van der Waals surface area (Å²) >= 11 is 0. The lowest BCUT2D eigenvalue weighted by atomic mass is 10.0. The van der Waals surface area contributed by atoms with Gasteiger partial charge in [0.05, 0.1) is 12.8 Å². The second kappa shape index (κ2) is 9.55. The van der Waals surface area contributed by atoms with Crippen molar-refractivity contribution in [1.29, 1.82) is 0 Å². The smallest absolute Gasteiger partial charge is 0.247 e. The van der Waals surface area contributed by atoms with Crippen molar-refractivity contribution in [2.75, 3.05) is 0 Å². The molecule has 0 radical (unpaired) electrons. The molecule has 0 aliphatic rings. The molecule has 1 unspecified atom stereocenters. The SMILES string of the molecule is CCC(=O)N(Cc1ccccc1)C(C(=O)NCc1ccco1)c1ccccc1. The summed E-state index contributed by atoms with van der Waals surface area (Å²) in [7, 11) is 0. The van der Waals surface area contributed by atoms with Crippen LogP contribution >= 0.6 is 0 Å². The van der Waals surface area contributed by atoms with Crippen molar-refractivity contribution in [1.82, 2.24) is 10.2 Å². The molecule has 2 amide bonds. The van der Waals surface area contributed by atoms with E-state index in [2.05, 4.69) is 5.32 Å². The summed E-state index contributed by atoms with van der Waals surface area (Å²) in [6.45, 7) is 2.44. The number of hydrogen-bond donors (Lipinski definition) is 1. The third kappa shape index (κ3) is 4.88. The summed E-state index contributed by atoms with van der Waals surface area (Å²) in [6, 6.07) is 22.0. The number of nitrogens with zero attached hydrogens (tertiary/aromatic N) is 1. The van der Waals surface area contributed by atoms with Gasteiger partial charge < -0.3 is 14.6 Å². The highest BCUT2D eigenvalue weighted by Gasteiger charge is 2.30. The molecule has 0 aliphatic carbocycles. The van der Waals surface area contributed by atoms with Crippen LogP contribution in [0.3, 0.4) is 0 Å². The van der Waals surface area contributed by atoms with Crippen LogP contribution in [-0.4, -0.2) is 16.7 Å². The van der Waals surface area contributed by atoms with Crippen molar-refractivity contribution in [2.45, 2.75) is 32.5 Å². The number of rotatable bonds is 8. The van der Waals surface area contributed by atoms with Crippen LogP contribution in [0.15, 0.2) is 83.5 Å². The molecule has 5 nitrogen and oxygen atoms in total. The van der Waals surface area contributed by atoms with E-state index in [0.717, 1.165) is 11.1 Å². The highest BCUT2D eigenvalue weighted by atomic mass is 16.3. The largest absolute Gasteiger partial charge is 0.467 e. The van der Waals surface area contributed by atoms with Crippen LogP contribution in [0, 0.1) is 0 Å². The van der Waals surface area contributed by atoms with Gasteiger partial charge in [0.15, 0.2) is 0 Å². The van der Waals surface area contributed by atoms with Gasteiger partial charge in [0.2, 0.25) is 11.8 Å². The first-order chi connectivity index (χ1) is 13.7. The van der Waals surface area contributed by atoms with Gasteiger partial charge in [-0.3, -0.25) is 9.59 Å². The van der Waals surface area contributed by atoms with Gasteiger partial charge >= 0.3 is 0 Å². The molecule has 144 valence electrons. The average molecular weight is 376 g/mol. The predicted octanol–water partition coefficient (Wildman–Crippen LogP) is 4.08. The maximum absolute atomic E-state index is 13.1. The Bertz CT molecular complexity index is 877. The molecule has 28 heavy (non-hydrogen) atoms. The third-order valence-electron chi connectivity index (χ3n) is 4.51. The number of amides is 2. The zero-order valence-corrected chi connectivity index (χ0v) is 15.9. The van der Waals surface area contributed by atoms with Crippen molar-refractivity contribution in [3.63, 3.8) is 0 Å². The lowest BCUT2D eigenvalue weighted by Crippen LogP contribution is -2.43. The molecule has 1 atom stereocenters. The number of carbonyl (C=O) groups excluding carboxylic acids is 2. The van der Waals surface area contributed by atoms with E-state index in [9.17, 15) is 9.59 Å². The summed E-state index contributed by atoms with van der Waals surface area (Å²) in [5, 5.41) is 2.90. The lowest BCUT2D eigenvalue weighted by molar-refractivity contribution is -0.141. The molecule has 0 spiro atoms. The van der Waals surface area contributed by atoms with Crippen LogP contribution in [0.4, 0.5) is 0 Å². The molecular formula is C23H24N2O3. The van der Waals surface area contributed by atoms with E-state index in [1.807, 2.05) is 67.6 Å². The summed E-state index contributed by atoms with van der Waals surface area (Å²) in [4.78, 5) is 27.6. The average Bonchev–Trinajstić information content (AvgIpc) is 3.26. The lowest BCUT2D eigenvalue weighted by Gasteiger charge is -2.31. The number of benzene rings is 2. The Kier molecular flexibility index (Phi) is 6.63. The quantitative estimate of drug-likeness (QED) is 0.644. The monoisotopic (exact) mass is 376 g/mol. The number of hydrogen-bond acceptors (Lipinski definition) is 3. The summed E-state index contributed by atoms with van der Waals surface area (Å²) in [5.74, 6) is 0.350. The Hall–Kier alpha value is -3.34. The van der Waals surface area contributed by atoms with Gasteiger partial charge in [-0.05, 0) is 23.3 Å². The van der Waals surface area contributed by atoms with Crippen LogP contribution in [0.25, 0.3) is 0 Å². The fraction of sp³-hybridized carbons (Fsp3) is 0.217. The van der Waals surface area contributed by atoms with Crippen LogP contribution in [0.5, 0.6) is 0 Å². The summed E-state index contributed by atoms with van der Waals surface area (Å²) < 4.78 is 5.30. The minimum atomic E-state index is -0.719. The van der Waals surface area contributed by atoms with Gasteiger partial charge in [0, 0.05) is 13.0 Å². The van der Waals surface area contributed by atoms with Crippen molar-refractivity contribution >= 4 is 11.8 Å². The molecule has 3 aromatic rings. The minimum absolute atomic E-state index is 0.0779. The van der Waals surface area contributed by atoms with E-state index in [-0.39, 0.29) is 18.4 Å². The Morgan fingerprint density at radius 2 is 1.64 bits per heavy atom. The number of nitrogens with one attached hydrogen (secondary N) is 1. The summed E-state index contributed by atoms with van der Waals surface area (Å²) in [5.41, 5.74) is 1.75. The molecule has 0 aliphatic heterocycles. The van der Waals surface area contributed by atoms with Gasteiger partial charge in [-0.15, -0.1) is 0 Å². The second-order valence-electron chi connectivity index (χ2n) is 6.47. The maximum Gasteiger partial charge on any atom is 0.247 e. The first-order valence-corrected chi connectivity index (χ1v) is 9.37. The van der Waals surface area contributed by atoms with Crippen LogP contribution < -0.4 is 5.32 Å². The zero-order valence-electron chi connectivity index (χ0n) is 15.9. The number of furan rings is 1. The molecule has 1 N–H and O–H groups in total. The van der Waals surface area contributed by atoms with E-state index in [0.29, 0.717) is 18.7 Å². The van der Waals surface area contributed by atoms with E-state index in [4.69, 9.17) is 4.42 Å². The van der Waals surface area contributed by atoms with E-state index < -0.39 is 6.04 Å². The number of carbonyl (C=O) groups is 2. The topological polar surface area (TPSA) is 62.6 Å².